The lowest BCUT2D eigenvalue weighted by atomic mass is 9.92. The molecule has 0 amide bonds. The fourth-order valence-corrected chi connectivity index (χ4v) is 2.80. The van der Waals surface area contributed by atoms with E-state index in [1.54, 1.807) is 6.92 Å². The van der Waals surface area contributed by atoms with Crippen LogP contribution in [0.1, 0.15) is 36.1 Å². The summed E-state index contributed by atoms with van der Waals surface area (Å²) >= 11 is 0. The molecule has 0 saturated heterocycles. The van der Waals surface area contributed by atoms with Crippen LogP contribution in [-0.2, 0) is 9.53 Å². The summed E-state index contributed by atoms with van der Waals surface area (Å²) < 4.78 is 33.1. The third kappa shape index (κ3) is 4.77. The van der Waals surface area contributed by atoms with Gasteiger partial charge in [-0.2, -0.15) is 0 Å². The first-order chi connectivity index (χ1) is 11.3. The molecule has 136 valence electrons. The molecule has 0 radical (unpaired) electrons. The van der Waals surface area contributed by atoms with Crippen molar-refractivity contribution in [3.8, 4) is 11.1 Å². The predicted molar refractivity (Wildman–Crippen MR) is 96.7 cm³/mol. The monoisotopic (exact) mass is 369 g/mol. The summed E-state index contributed by atoms with van der Waals surface area (Å²) in [6.07, 6.45) is -0.208. The molecule has 2 rings (SSSR count). The molecule has 0 spiro atoms. The quantitative estimate of drug-likeness (QED) is 0.782. The minimum absolute atomic E-state index is 0. The third-order valence-corrected chi connectivity index (χ3v) is 3.92. The number of nitrogens with two attached hydrogens (primary N) is 1. The molecule has 0 saturated carbocycles. The molecule has 0 bridgehead atoms. The second kappa shape index (κ2) is 8.92. The van der Waals surface area contributed by atoms with Gasteiger partial charge in [0.15, 0.2) is 11.6 Å². The topological polar surface area (TPSA) is 52.3 Å². The van der Waals surface area contributed by atoms with E-state index in [1.807, 2.05) is 32.0 Å². The van der Waals surface area contributed by atoms with Crippen LogP contribution in [0.5, 0.6) is 0 Å². The molecule has 1 atom stereocenters. The number of hydrogen-bond acceptors (Lipinski definition) is 3. The number of benzene rings is 2. The van der Waals surface area contributed by atoms with Crippen LogP contribution >= 0.6 is 12.4 Å². The molecule has 3 nitrogen and oxygen atoms in total. The number of aryl methyl sites for hydroxylation is 2. The van der Waals surface area contributed by atoms with Crippen LogP contribution < -0.4 is 5.73 Å². The Labute approximate surface area is 152 Å². The van der Waals surface area contributed by atoms with Crippen LogP contribution in [0.4, 0.5) is 8.78 Å². The summed E-state index contributed by atoms with van der Waals surface area (Å²) in [6, 6.07) is 7.41. The van der Waals surface area contributed by atoms with Crippen molar-refractivity contribution in [2.75, 3.05) is 6.61 Å². The highest BCUT2D eigenvalue weighted by Gasteiger charge is 2.21. The number of ether oxygens (including phenoxy) is 1. The average molecular weight is 370 g/mol. The molecular formula is C19H22ClF2NO2. The van der Waals surface area contributed by atoms with Gasteiger partial charge in [-0.1, -0.05) is 18.2 Å². The third-order valence-electron chi connectivity index (χ3n) is 3.92. The van der Waals surface area contributed by atoms with E-state index in [2.05, 4.69) is 0 Å². The van der Waals surface area contributed by atoms with Crippen molar-refractivity contribution in [3.63, 3.8) is 0 Å². The molecule has 0 aromatic heterocycles. The zero-order chi connectivity index (χ0) is 17.9. The van der Waals surface area contributed by atoms with E-state index >= 15 is 0 Å². The average Bonchev–Trinajstić information content (AvgIpc) is 2.50. The maximum absolute atomic E-state index is 14.2. The van der Waals surface area contributed by atoms with Gasteiger partial charge in [-0.05, 0) is 55.2 Å². The largest absolute Gasteiger partial charge is 0.466 e. The lowest BCUT2D eigenvalue weighted by Gasteiger charge is -2.16. The van der Waals surface area contributed by atoms with Gasteiger partial charge in [0, 0.05) is 11.6 Å². The van der Waals surface area contributed by atoms with E-state index < -0.39 is 23.6 Å². The van der Waals surface area contributed by atoms with Crippen LogP contribution in [0, 0.1) is 25.5 Å². The molecule has 6 heteroatoms. The Hall–Kier alpha value is -1.98. The van der Waals surface area contributed by atoms with Gasteiger partial charge >= 0.3 is 5.97 Å². The highest BCUT2D eigenvalue weighted by atomic mass is 35.5. The highest BCUT2D eigenvalue weighted by molar-refractivity contribution is 5.85. The highest BCUT2D eigenvalue weighted by Crippen LogP contribution is 2.32. The Kier molecular flexibility index (Phi) is 7.52. The van der Waals surface area contributed by atoms with Crippen molar-refractivity contribution in [1.29, 1.82) is 0 Å². The Bertz CT molecular complexity index is 745. The summed E-state index contributed by atoms with van der Waals surface area (Å²) in [5, 5.41) is 0. The Morgan fingerprint density at radius 1 is 1.20 bits per heavy atom. The number of esters is 1. The van der Waals surface area contributed by atoms with Gasteiger partial charge in [0.2, 0.25) is 0 Å². The maximum Gasteiger partial charge on any atom is 0.307 e. The van der Waals surface area contributed by atoms with Gasteiger partial charge in [-0.3, -0.25) is 4.79 Å². The summed E-state index contributed by atoms with van der Waals surface area (Å²) in [4.78, 5) is 11.6. The summed E-state index contributed by atoms with van der Waals surface area (Å²) in [7, 11) is 0. The predicted octanol–water partition coefficient (Wildman–Crippen LogP) is 4.62. The van der Waals surface area contributed by atoms with Gasteiger partial charge in [0.05, 0.1) is 13.0 Å². The lowest BCUT2D eigenvalue weighted by Crippen LogP contribution is -2.19. The molecule has 2 aromatic rings. The smallest absolute Gasteiger partial charge is 0.307 e. The number of rotatable bonds is 5. The normalized spacial score (nSPS) is 11.6. The van der Waals surface area contributed by atoms with Crippen molar-refractivity contribution < 1.29 is 18.3 Å². The fourth-order valence-electron chi connectivity index (χ4n) is 2.80. The van der Waals surface area contributed by atoms with E-state index in [0.717, 1.165) is 22.8 Å². The van der Waals surface area contributed by atoms with Crippen LogP contribution in [0.3, 0.4) is 0 Å². The molecule has 2 aromatic carbocycles. The minimum Gasteiger partial charge on any atom is -0.466 e. The van der Waals surface area contributed by atoms with Crippen LogP contribution in [0.25, 0.3) is 11.1 Å². The number of carbonyl (C=O) groups excluding carboxylic acids is 1. The van der Waals surface area contributed by atoms with E-state index in [0.29, 0.717) is 5.56 Å². The second-order valence-corrected chi connectivity index (χ2v) is 5.74. The van der Waals surface area contributed by atoms with Crippen molar-refractivity contribution >= 4 is 18.4 Å². The Balaban J connectivity index is 0.00000312. The van der Waals surface area contributed by atoms with Gasteiger partial charge in [0.1, 0.15) is 0 Å². The van der Waals surface area contributed by atoms with E-state index in [9.17, 15) is 13.6 Å². The first kappa shape index (κ1) is 21.1. The van der Waals surface area contributed by atoms with Crippen molar-refractivity contribution in [3.05, 3.63) is 58.7 Å². The Morgan fingerprint density at radius 2 is 1.80 bits per heavy atom. The van der Waals surface area contributed by atoms with Crippen LogP contribution in [0.2, 0.25) is 0 Å². The molecule has 0 heterocycles. The molecule has 0 unspecified atom stereocenters. The van der Waals surface area contributed by atoms with Gasteiger partial charge in [-0.25, -0.2) is 8.78 Å². The van der Waals surface area contributed by atoms with Crippen molar-refractivity contribution in [1.82, 2.24) is 0 Å². The number of halogens is 3. The SMILES string of the molecule is CCOC(=O)C[C@H](N)c1cc(-c2c(C)cccc2C)cc(F)c1F.Cl. The fraction of sp³-hybridized carbons (Fsp3) is 0.316. The maximum atomic E-state index is 14.2. The lowest BCUT2D eigenvalue weighted by molar-refractivity contribution is -0.143. The van der Waals surface area contributed by atoms with Gasteiger partial charge in [0.25, 0.3) is 0 Å². The minimum atomic E-state index is -1.03. The van der Waals surface area contributed by atoms with Crippen LogP contribution in [-0.4, -0.2) is 12.6 Å². The number of carbonyl (C=O) groups is 1. The van der Waals surface area contributed by atoms with E-state index in [4.69, 9.17) is 10.5 Å². The van der Waals surface area contributed by atoms with Crippen molar-refractivity contribution in [2.24, 2.45) is 5.73 Å². The van der Waals surface area contributed by atoms with Crippen molar-refractivity contribution in [2.45, 2.75) is 33.2 Å². The molecule has 25 heavy (non-hydrogen) atoms. The first-order valence-corrected chi connectivity index (χ1v) is 7.81. The molecule has 0 fully saturated rings. The zero-order valence-corrected chi connectivity index (χ0v) is 15.3. The van der Waals surface area contributed by atoms with Crippen LogP contribution in [0.15, 0.2) is 30.3 Å². The molecule has 0 aliphatic heterocycles. The molecule has 0 aliphatic carbocycles. The number of hydrogen-bond donors (Lipinski definition) is 1. The zero-order valence-electron chi connectivity index (χ0n) is 14.4. The van der Waals surface area contributed by atoms with Gasteiger partial charge < -0.3 is 10.5 Å². The van der Waals surface area contributed by atoms with E-state index in [1.165, 1.54) is 6.07 Å². The molecular weight excluding hydrogens is 348 g/mol. The second-order valence-electron chi connectivity index (χ2n) is 5.74. The standard InChI is InChI=1S/C19H21F2NO2.ClH/c1-4-24-17(23)10-16(22)14-8-13(9-15(20)19(14)21)18-11(2)6-5-7-12(18)3;/h5-9,16H,4,10,22H2,1-3H3;1H/t16-;/m0./s1. The van der Waals surface area contributed by atoms with Gasteiger partial charge in [-0.15, -0.1) is 12.4 Å². The summed E-state index contributed by atoms with van der Waals surface area (Å²) in [6.45, 7) is 5.69. The molecule has 2 N–H and O–H groups in total. The first-order valence-electron chi connectivity index (χ1n) is 7.81. The summed E-state index contributed by atoms with van der Waals surface area (Å²) in [5.41, 5.74) is 9.16. The summed E-state index contributed by atoms with van der Waals surface area (Å²) in [5.74, 6) is -2.55. The molecule has 0 aliphatic rings. The van der Waals surface area contributed by atoms with E-state index in [-0.39, 0.29) is 31.0 Å². The Morgan fingerprint density at radius 3 is 2.36 bits per heavy atom.